The van der Waals surface area contributed by atoms with Crippen LogP contribution in [0.3, 0.4) is 0 Å². The molecule has 1 amide bonds. The number of fused-ring (bicyclic) bond motifs is 1. The van der Waals surface area contributed by atoms with E-state index < -0.39 is 0 Å². The minimum atomic E-state index is -0.0741. The number of imidazole rings is 1. The highest BCUT2D eigenvalue weighted by Gasteiger charge is 2.39. The first-order chi connectivity index (χ1) is 14.5. The highest BCUT2D eigenvalue weighted by molar-refractivity contribution is 7.15. The third kappa shape index (κ3) is 3.12. The maximum atomic E-state index is 13.7. The zero-order valence-electron chi connectivity index (χ0n) is 17.3. The summed E-state index contributed by atoms with van der Waals surface area (Å²) in [6.45, 7) is 6.94. The van der Waals surface area contributed by atoms with Gasteiger partial charge in [0.1, 0.15) is 11.5 Å². The number of hydrogen-bond donors (Lipinski definition) is 1. The van der Waals surface area contributed by atoms with Gasteiger partial charge in [0, 0.05) is 6.54 Å². The summed E-state index contributed by atoms with van der Waals surface area (Å²) in [6, 6.07) is 16.1. The third-order valence-electron chi connectivity index (χ3n) is 5.95. The van der Waals surface area contributed by atoms with Gasteiger partial charge in [0.05, 0.1) is 27.0 Å². The molecular weight excluding hydrogens is 392 g/mol. The Bertz CT molecular complexity index is 1230. The van der Waals surface area contributed by atoms with Crippen molar-refractivity contribution in [2.24, 2.45) is 5.92 Å². The van der Waals surface area contributed by atoms with Crippen molar-refractivity contribution < 1.29 is 4.79 Å². The number of aromatic nitrogens is 3. The van der Waals surface area contributed by atoms with Gasteiger partial charge in [-0.15, -0.1) is 11.3 Å². The van der Waals surface area contributed by atoms with Crippen LogP contribution >= 0.6 is 11.3 Å². The van der Waals surface area contributed by atoms with Crippen LogP contribution in [-0.4, -0.2) is 32.3 Å². The summed E-state index contributed by atoms with van der Waals surface area (Å²) in [5, 5.41) is 0.903. The van der Waals surface area contributed by atoms with E-state index in [0.29, 0.717) is 18.2 Å². The molecule has 30 heavy (non-hydrogen) atoms. The number of rotatable bonds is 3. The summed E-state index contributed by atoms with van der Waals surface area (Å²) in [5.41, 5.74) is 4.73. The molecule has 3 heterocycles. The number of aryl methyl sites for hydroxylation is 2. The molecule has 0 radical (unpaired) electrons. The van der Waals surface area contributed by atoms with Crippen molar-refractivity contribution in [2.75, 3.05) is 6.54 Å². The van der Waals surface area contributed by atoms with Gasteiger partial charge in [-0.25, -0.2) is 9.97 Å². The molecular formula is C24H24N4OS. The number of amides is 1. The van der Waals surface area contributed by atoms with E-state index in [4.69, 9.17) is 4.98 Å². The third-order valence-corrected chi connectivity index (χ3v) is 6.97. The highest BCUT2D eigenvalue weighted by atomic mass is 32.1. The molecule has 2 atom stereocenters. The van der Waals surface area contributed by atoms with Crippen molar-refractivity contribution >= 4 is 28.3 Å². The Kier molecular flexibility index (Phi) is 4.66. The normalized spacial score (nSPS) is 19.0. The molecule has 1 aliphatic heterocycles. The molecule has 1 saturated heterocycles. The zero-order valence-corrected chi connectivity index (χ0v) is 18.2. The molecule has 0 saturated carbocycles. The predicted octanol–water partition coefficient (Wildman–Crippen LogP) is 5.53. The summed E-state index contributed by atoms with van der Waals surface area (Å²) in [5.74, 6) is 1.19. The number of carbonyl (C=O) groups is 1. The van der Waals surface area contributed by atoms with E-state index >= 15 is 0 Å². The van der Waals surface area contributed by atoms with E-state index in [2.05, 4.69) is 29.9 Å². The Balaban J connectivity index is 1.55. The molecule has 0 bridgehead atoms. The standard InChI is InChI=1S/C24H24N4OS/c1-14-8-7-11-18-19(14)27-23(26-18)21-15(2)12-13-28(21)24(29)20-22(30-16(3)25-20)17-9-5-4-6-10-17/h4-11,15,21H,12-13H2,1-3H3,(H,26,27)/t15-,21-/m0/s1. The largest absolute Gasteiger partial charge is 0.340 e. The van der Waals surface area contributed by atoms with Gasteiger partial charge in [-0.05, 0) is 43.4 Å². The summed E-state index contributed by atoms with van der Waals surface area (Å²) in [6.07, 6.45) is 0.955. The minimum Gasteiger partial charge on any atom is -0.340 e. The van der Waals surface area contributed by atoms with Gasteiger partial charge in [-0.1, -0.05) is 49.4 Å². The van der Waals surface area contributed by atoms with Crippen LogP contribution in [0.25, 0.3) is 21.5 Å². The molecule has 6 heteroatoms. The second-order valence-electron chi connectivity index (χ2n) is 8.08. The Morgan fingerprint density at radius 2 is 1.90 bits per heavy atom. The second kappa shape index (κ2) is 7.36. The molecule has 2 aromatic carbocycles. The number of carbonyl (C=O) groups excluding carboxylic acids is 1. The fraction of sp³-hybridized carbons (Fsp3) is 0.292. The van der Waals surface area contributed by atoms with Crippen molar-refractivity contribution in [2.45, 2.75) is 33.2 Å². The van der Waals surface area contributed by atoms with Gasteiger partial charge in [-0.2, -0.15) is 0 Å². The topological polar surface area (TPSA) is 61.9 Å². The van der Waals surface area contributed by atoms with Gasteiger partial charge in [-0.3, -0.25) is 4.79 Å². The Morgan fingerprint density at radius 1 is 1.10 bits per heavy atom. The summed E-state index contributed by atoms with van der Waals surface area (Å²) >= 11 is 1.58. The molecule has 1 aliphatic rings. The lowest BCUT2D eigenvalue weighted by molar-refractivity contribution is 0.0710. The van der Waals surface area contributed by atoms with Crippen LogP contribution in [0.4, 0.5) is 0 Å². The molecule has 1 N–H and O–H groups in total. The predicted molar refractivity (Wildman–Crippen MR) is 121 cm³/mol. The number of benzene rings is 2. The highest BCUT2D eigenvalue weighted by Crippen LogP contribution is 2.39. The fourth-order valence-corrected chi connectivity index (χ4v) is 5.34. The van der Waals surface area contributed by atoms with E-state index in [9.17, 15) is 4.79 Å². The number of likely N-dealkylation sites (tertiary alicyclic amines) is 1. The molecule has 4 aromatic rings. The monoisotopic (exact) mass is 416 g/mol. The average molecular weight is 417 g/mol. The van der Waals surface area contributed by atoms with Crippen LogP contribution in [0, 0.1) is 19.8 Å². The molecule has 0 unspecified atom stereocenters. The first-order valence-electron chi connectivity index (χ1n) is 10.3. The lowest BCUT2D eigenvalue weighted by atomic mass is 10.0. The summed E-state index contributed by atoms with van der Waals surface area (Å²) < 4.78 is 0. The van der Waals surface area contributed by atoms with Crippen molar-refractivity contribution in [3.05, 3.63) is 70.6 Å². The van der Waals surface area contributed by atoms with E-state index in [1.54, 1.807) is 11.3 Å². The molecule has 0 spiro atoms. The van der Waals surface area contributed by atoms with Crippen molar-refractivity contribution in [1.29, 1.82) is 0 Å². The minimum absolute atomic E-state index is 0.00951. The molecule has 0 aliphatic carbocycles. The summed E-state index contributed by atoms with van der Waals surface area (Å²) in [4.78, 5) is 29.6. The number of hydrogen-bond acceptors (Lipinski definition) is 4. The molecule has 152 valence electrons. The van der Waals surface area contributed by atoms with Crippen LogP contribution in [0.5, 0.6) is 0 Å². The maximum absolute atomic E-state index is 13.7. The van der Waals surface area contributed by atoms with Gasteiger partial charge in [0.15, 0.2) is 0 Å². The number of aromatic amines is 1. The number of H-pyrrole nitrogens is 1. The Hall–Kier alpha value is -2.99. The van der Waals surface area contributed by atoms with E-state index in [-0.39, 0.29) is 11.9 Å². The van der Waals surface area contributed by atoms with Crippen LogP contribution in [0.1, 0.15) is 46.3 Å². The number of para-hydroxylation sites is 1. The Labute approximate surface area is 179 Å². The Morgan fingerprint density at radius 3 is 2.67 bits per heavy atom. The summed E-state index contributed by atoms with van der Waals surface area (Å²) in [7, 11) is 0. The van der Waals surface area contributed by atoms with E-state index in [1.165, 1.54) is 0 Å². The van der Waals surface area contributed by atoms with Gasteiger partial charge in [0.2, 0.25) is 0 Å². The van der Waals surface area contributed by atoms with Crippen LogP contribution < -0.4 is 0 Å². The van der Waals surface area contributed by atoms with Crippen molar-refractivity contribution in [1.82, 2.24) is 19.9 Å². The molecule has 5 rings (SSSR count). The fourth-order valence-electron chi connectivity index (χ4n) is 4.42. The first kappa shape index (κ1) is 19.0. The van der Waals surface area contributed by atoms with E-state index in [0.717, 1.165) is 44.3 Å². The zero-order chi connectivity index (χ0) is 20.8. The van der Waals surface area contributed by atoms with Gasteiger partial charge in [0.25, 0.3) is 5.91 Å². The molecule has 2 aromatic heterocycles. The lowest BCUT2D eigenvalue weighted by Gasteiger charge is -2.25. The molecule has 1 fully saturated rings. The van der Waals surface area contributed by atoms with Crippen molar-refractivity contribution in [3.63, 3.8) is 0 Å². The van der Waals surface area contributed by atoms with E-state index in [1.807, 2.05) is 54.3 Å². The lowest BCUT2D eigenvalue weighted by Crippen LogP contribution is -2.33. The quantitative estimate of drug-likeness (QED) is 0.478. The van der Waals surface area contributed by atoms with Crippen LogP contribution in [0.2, 0.25) is 0 Å². The van der Waals surface area contributed by atoms with Crippen LogP contribution in [-0.2, 0) is 0 Å². The van der Waals surface area contributed by atoms with Gasteiger partial charge >= 0.3 is 0 Å². The second-order valence-corrected chi connectivity index (χ2v) is 9.28. The van der Waals surface area contributed by atoms with Crippen LogP contribution in [0.15, 0.2) is 48.5 Å². The molecule has 5 nitrogen and oxygen atoms in total. The maximum Gasteiger partial charge on any atom is 0.274 e. The number of nitrogens with zero attached hydrogens (tertiary/aromatic N) is 3. The van der Waals surface area contributed by atoms with Crippen molar-refractivity contribution in [3.8, 4) is 10.4 Å². The van der Waals surface area contributed by atoms with Gasteiger partial charge < -0.3 is 9.88 Å². The first-order valence-corrected chi connectivity index (χ1v) is 11.1. The average Bonchev–Trinajstić information content (AvgIpc) is 3.45. The number of thiazole rings is 1. The number of nitrogens with one attached hydrogen (secondary N) is 1. The smallest absolute Gasteiger partial charge is 0.274 e. The SMILES string of the molecule is Cc1nc(C(=O)N2CC[C@H](C)[C@H]2c2nc3c(C)cccc3[nH]2)c(-c2ccccc2)s1.